The van der Waals surface area contributed by atoms with E-state index in [0.717, 1.165) is 55.9 Å². The monoisotopic (exact) mass is 502 g/mol. The van der Waals surface area contributed by atoms with Crippen molar-refractivity contribution in [1.82, 2.24) is 9.97 Å². The molecule has 5 rings (SSSR count). The molecule has 3 aromatic carbocycles. The molecule has 0 saturated carbocycles. The predicted octanol–water partition coefficient (Wildman–Crippen LogP) is 4.71. The molecule has 0 fully saturated rings. The second-order valence-corrected chi connectivity index (χ2v) is 9.49. The second-order valence-electron chi connectivity index (χ2n) is 9.49. The van der Waals surface area contributed by atoms with Crippen molar-refractivity contribution in [2.24, 2.45) is 0 Å². The van der Waals surface area contributed by atoms with Gasteiger partial charge in [-0.15, -0.1) is 49.4 Å². The fourth-order valence-corrected chi connectivity index (χ4v) is 5.72. The molecule has 0 aliphatic heterocycles. The van der Waals surface area contributed by atoms with Gasteiger partial charge in [0.05, 0.1) is 16.8 Å². The molecular weight excluding hydrogens is 476 g/mol. The van der Waals surface area contributed by atoms with Crippen molar-refractivity contribution in [2.75, 3.05) is 11.5 Å². The molecule has 1 aliphatic rings. The van der Waals surface area contributed by atoms with Crippen LogP contribution >= 0.6 is 0 Å². The zero-order valence-corrected chi connectivity index (χ0v) is 21.5. The van der Waals surface area contributed by atoms with E-state index in [9.17, 15) is 0 Å². The Morgan fingerprint density at radius 2 is 1.08 bits per heavy atom. The predicted molar refractivity (Wildman–Crippen MR) is 158 cm³/mol. The molecule has 1 aliphatic carbocycles. The van der Waals surface area contributed by atoms with Crippen molar-refractivity contribution in [3.05, 3.63) is 106 Å². The molecule has 4 heteroatoms. The van der Waals surface area contributed by atoms with Gasteiger partial charge in [0.15, 0.2) is 0 Å². The average molecular weight is 503 g/mol. The number of aromatic nitrogens is 2. The van der Waals surface area contributed by atoms with E-state index in [0.29, 0.717) is 37.1 Å². The van der Waals surface area contributed by atoms with E-state index in [2.05, 4.69) is 60.1 Å². The highest BCUT2D eigenvalue weighted by Crippen LogP contribution is 2.55. The summed E-state index contributed by atoms with van der Waals surface area (Å²) in [5, 5.41) is 0. The minimum Gasteiger partial charge on any atom is -0.398 e. The molecule has 0 unspecified atom stereocenters. The first kappa shape index (κ1) is 25.2. The van der Waals surface area contributed by atoms with E-state index in [1.165, 1.54) is 0 Å². The van der Waals surface area contributed by atoms with E-state index in [1.54, 1.807) is 12.4 Å². The molecule has 0 spiro atoms. The lowest BCUT2D eigenvalue weighted by atomic mass is 9.67. The molecule has 0 amide bonds. The number of fused-ring (bicyclic) bond motifs is 3. The van der Waals surface area contributed by atoms with Gasteiger partial charge in [0, 0.05) is 55.0 Å². The quantitative estimate of drug-likeness (QED) is 0.261. The van der Waals surface area contributed by atoms with Crippen LogP contribution < -0.4 is 11.5 Å². The Morgan fingerprint density at radius 3 is 1.54 bits per heavy atom. The third-order valence-corrected chi connectivity index (χ3v) is 7.38. The van der Waals surface area contributed by atoms with Crippen molar-refractivity contribution < 1.29 is 0 Å². The lowest BCUT2D eigenvalue weighted by molar-refractivity contribution is 0.730. The molecule has 0 bridgehead atoms. The minimum atomic E-state index is -0.874. The Hall–Kier alpha value is -5.42. The molecule has 1 heterocycles. The first-order valence-electron chi connectivity index (χ1n) is 12.5. The van der Waals surface area contributed by atoms with E-state index in [-0.39, 0.29) is 0 Å². The molecule has 4 N–H and O–H groups in total. The van der Waals surface area contributed by atoms with Gasteiger partial charge in [0.2, 0.25) is 0 Å². The summed E-state index contributed by atoms with van der Waals surface area (Å²) in [5.41, 5.74) is 22.3. The Kier molecular flexibility index (Phi) is 6.57. The number of terminal acetylenes is 4. The number of anilines is 2. The third kappa shape index (κ3) is 3.88. The summed E-state index contributed by atoms with van der Waals surface area (Å²) < 4.78 is 0. The molecule has 4 nitrogen and oxygen atoms in total. The highest BCUT2D eigenvalue weighted by atomic mass is 14.8. The normalized spacial score (nSPS) is 12.3. The summed E-state index contributed by atoms with van der Waals surface area (Å²) in [7, 11) is 0. The first-order valence-corrected chi connectivity index (χ1v) is 12.5. The standard InChI is InChI=1S/C35H26N4/c1-5-11-23-19-27(20-24(12-6-2)31(23)36)35(28-21-25(13-7-3)32(37)26(22-28)14-8-4)30-16-10-9-15-29(30)33-34(35)39-18-17-38-33/h1-4,9-10,15-22H,11-14,36-37H2. The number of nitrogens with two attached hydrogens (primary N) is 2. The van der Waals surface area contributed by atoms with Crippen molar-refractivity contribution in [3.63, 3.8) is 0 Å². The van der Waals surface area contributed by atoms with Crippen LogP contribution in [0, 0.1) is 49.4 Å². The maximum absolute atomic E-state index is 6.56. The number of nitrogens with zero attached hydrogens (tertiary/aromatic N) is 2. The lowest BCUT2D eigenvalue weighted by Crippen LogP contribution is -2.31. The fraction of sp³-hybridized carbons (Fsp3) is 0.143. The van der Waals surface area contributed by atoms with Gasteiger partial charge in [-0.05, 0) is 38.9 Å². The fourth-order valence-electron chi connectivity index (χ4n) is 5.72. The second kappa shape index (κ2) is 10.1. The van der Waals surface area contributed by atoms with Crippen LogP contribution in [0.1, 0.15) is 44.6 Å². The molecule has 186 valence electrons. The number of hydrogen-bond donors (Lipinski definition) is 2. The number of rotatable bonds is 6. The van der Waals surface area contributed by atoms with Crippen LogP contribution in [0.4, 0.5) is 11.4 Å². The number of hydrogen-bond acceptors (Lipinski definition) is 4. The van der Waals surface area contributed by atoms with Crippen LogP contribution in [0.25, 0.3) is 11.3 Å². The van der Waals surface area contributed by atoms with Gasteiger partial charge >= 0.3 is 0 Å². The van der Waals surface area contributed by atoms with Gasteiger partial charge in [0.1, 0.15) is 0 Å². The van der Waals surface area contributed by atoms with Gasteiger partial charge in [-0.1, -0.05) is 48.5 Å². The van der Waals surface area contributed by atoms with Gasteiger partial charge in [-0.2, -0.15) is 0 Å². The van der Waals surface area contributed by atoms with Crippen LogP contribution in [0.3, 0.4) is 0 Å². The molecule has 4 aromatic rings. The van der Waals surface area contributed by atoms with Crippen LogP contribution in [-0.4, -0.2) is 9.97 Å². The molecular formula is C35H26N4. The Balaban J connectivity index is 1.99. The maximum atomic E-state index is 6.56. The summed E-state index contributed by atoms with van der Waals surface area (Å²) in [6, 6.07) is 16.4. The zero-order chi connectivity index (χ0) is 27.6. The summed E-state index contributed by atoms with van der Waals surface area (Å²) >= 11 is 0. The minimum absolute atomic E-state index is 0.356. The van der Waals surface area contributed by atoms with Gasteiger partial charge < -0.3 is 11.5 Å². The van der Waals surface area contributed by atoms with E-state index < -0.39 is 5.41 Å². The van der Waals surface area contributed by atoms with Crippen molar-refractivity contribution in [2.45, 2.75) is 31.1 Å². The zero-order valence-electron chi connectivity index (χ0n) is 21.5. The van der Waals surface area contributed by atoms with Crippen molar-refractivity contribution in [1.29, 1.82) is 0 Å². The number of nitrogen functional groups attached to an aromatic ring is 2. The summed E-state index contributed by atoms with van der Waals surface area (Å²) in [6.07, 6.45) is 27.9. The lowest BCUT2D eigenvalue weighted by Gasteiger charge is -2.34. The molecule has 0 radical (unpaired) electrons. The topological polar surface area (TPSA) is 77.8 Å². The average Bonchev–Trinajstić information content (AvgIpc) is 3.25. The Bertz CT molecular complexity index is 1580. The van der Waals surface area contributed by atoms with Gasteiger partial charge in [-0.25, -0.2) is 0 Å². The van der Waals surface area contributed by atoms with Crippen LogP contribution in [0.15, 0.2) is 60.9 Å². The third-order valence-electron chi connectivity index (χ3n) is 7.38. The van der Waals surface area contributed by atoms with E-state index in [4.69, 9.17) is 47.1 Å². The molecule has 0 saturated heterocycles. The highest BCUT2D eigenvalue weighted by Gasteiger charge is 2.49. The first-order chi connectivity index (χ1) is 19.0. The van der Waals surface area contributed by atoms with Crippen LogP contribution in [0.2, 0.25) is 0 Å². The summed E-state index contributed by atoms with van der Waals surface area (Å²) in [6.45, 7) is 0. The van der Waals surface area contributed by atoms with E-state index in [1.807, 2.05) is 12.1 Å². The Morgan fingerprint density at radius 1 is 0.641 bits per heavy atom. The van der Waals surface area contributed by atoms with E-state index >= 15 is 0 Å². The molecule has 0 atom stereocenters. The maximum Gasteiger partial charge on any atom is 0.0937 e. The highest BCUT2D eigenvalue weighted by molar-refractivity contribution is 5.83. The summed E-state index contributed by atoms with van der Waals surface area (Å²) in [4.78, 5) is 9.72. The SMILES string of the molecule is C#CCc1cc(C2(c3cc(CC#C)c(N)c(CC#C)c3)c3ccccc3-c3nccnc32)cc(CC#C)c1N. The molecule has 1 aromatic heterocycles. The largest absolute Gasteiger partial charge is 0.398 e. The number of benzene rings is 3. The van der Waals surface area contributed by atoms with Crippen molar-refractivity contribution >= 4 is 11.4 Å². The molecule has 39 heavy (non-hydrogen) atoms. The smallest absolute Gasteiger partial charge is 0.0937 e. The van der Waals surface area contributed by atoms with Gasteiger partial charge in [0.25, 0.3) is 0 Å². The van der Waals surface area contributed by atoms with Crippen molar-refractivity contribution in [3.8, 4) is 60.6 Å². The van der Waals surface area contributed by atoms with Crippen LogP contribution in [0.5, 0.6) is 0 Å². The Labute approximate surface area is 229 Å². The van der Waals surface area contributed by atoms with Gasteiger partial charge in [-0.3, -0.25) is 9.97 Å². The summed E-state index contributed by atoms with van der Waals surface area (Å²) in [5.74, 6) is 11.0. The van der Waals surface area contributed by atoms with Crippen LogP contribution in [-0.2, 0) is 31.1 Å².